The van der Waals surface area contributed by atoms with E-state index in [0.717, 1.165) is 41.9 Å². The highest BCUT2D eigenvalue weighted by atomic mass is 16.5. The van der Waals surface area contributed by atoms with E-state index in [1.807, 2.05) is 18.2 Å². The fraction of sp³-hybridized carbons (Fsp3) is 0.480. The van der Waals surface area contributed by atoms with Crippen molar-refractivity contribution in [2.75, 3.05) is 0 Å². The van der Waals surface area contributed by atoms with Crippen LogP contribution in [0.4, 0.5) is 0 Å². The van der Waals surface area contributed by atoms with Gasteiger partial charge in [0.15, 0.2) is 5.57 Å². The molecule has 0 amide bonds. The van der Waals surface area contributed by atoms with Gasteiger partial charge in [-0.05, 0) is 42.2 Å². The highest BCUT2D eigenvalue weighted by Gasteiger charge is 2.29. The molecule has 0 saturated heterocycles. The molecule has 0 aromatic rings. The average molecular weight is 405 g/mol. The standard InChI is InChI=1S/C25H32N4O/c1-8-9-10-17(11-19(14-26)23(29)20(15-27)16-28)18-12-21(24(2,3)4)30-22(13-18)25(5,6)7/h11-13H,8-10,29H2,1-7H3/b19-11+. The lowest BCUT2D eigenvalue weighted by atomic mass is 9.85. The molecular weight excluding hydrogens is 372 g/mol. The molecule has 1 aliphatic rings. The summed E-state index contributed by atoms with van der Waals surface area (Å²) in [6, 6.07) is 5.56. The first-order valence-electron chi connectivity index (χ1n) is 10.2. The van der Waals surface area contributed by atoms with E-state index in [-0.39, 0.29) is 27.7 Å². The summed E-state index contributed by atoms with van der Waals surface area (Å²) in [6.07, 6.45) is 8.39. The summed E-state index contributed by atoms with van der Waals surface area (Å²) in [4.78, 5) is 0. The summed E-state index contributed by atoms with van der Waals surface area (Å²) in [7, 11) is 0. The lowest BCUT2D eigenvalue weighted by Crippen LogP contribution is -2.21. The molecule has 0 fully saturated rings. The van der Waals surface area contributed by atoms with Gasteiger partial charge in [-0.3, -0.25) is 0 Å². The van der Waals surface area contributed by atoms with Crippen LogP contribution < -0.4 is 5.73 Å². The molecule has 2 N–H and O–H groups in total. The molecule has 30 heavy (non-hydrogen) atoms. The molecule has 0 aromatic heterocycles. The lowest BCUT2D eigenvalue weighted by molar-refractivity contribution is 0.161. The maximum Gasteiger partial charge on any atom is 0.153 e. The Balaban J connectivity index is 3.83. The van der Waals surface area contributed by atoms with Gasteiger partial charge in [0.2, 0.25) is 0 Å². The van der Waals surface area contributed by atoms with E-state index in [9.17, 15) is 5.26 Å². The molecule has 0 aromatic carbocycles. The Hall–Kier alpha value is -3.23. The quantitative estimate of drug-likeness (QED) is 0.442. The second-order valence-electron chi connectivity index (χ2n) is 9.39. The van der Waals surface area contributed by atoms with Crippen LogP contribution in [0.1, 0.15) is 67.7 Å². The fourth-order valence-corrected chi connectivity index (χ4v) is 2.72. The van der Waals surface area contributed by atoms with E-state index in [1.165, 1.54) is 0 Å². The number of allylic oxidation sites excluding steroid dienone is 9. The number of unbranched alkanes of at least 4 members (excludes halogenated alkanes) is 1. The van der Waals surface area contributed by atoms with Crippen molar-refractivity contribution in [1.29, 1.82) is 15.8 Å². The van der Waals surface area contributed by atoms with Gasteiger partial charge in [-0.15, -0.1) is 0 Å². The largest absolute Gasteiger partial charge is 0.465 e. The molecule has 1 rings (SSSR count). The van der Waals surface area contributed by atoms with Crippen molar-refractivity contribution in [2.24, 2.45) is 16.6 Å². The number of hydrogen-bond donors (Lipinski definition) is 1. The van der Waals surface area contributed by atoms with Crippen molar-refractivity contribution >= 4 is 0 Å². The van der Waals surface area contributed by atoms with Gasteiger partial charge in [0.05, 0.1) is 11.3 Å². The number of nitrogens with zero attached hydrogens (tertiary/aromatic N) is 3. The van der Waals surface area contributed by atoms with E-state index < -0.39 is 0 Å². The Morgan fingerprint density at radius 1 is 0.967 bits per heavy atom. The predicted molar refractivity (Wildman–Crippen MR) is 119 cm³/mol. The van der Waals surface area contributed by atoms with E-state index in [2.05, 4.69) is 48.5 Å². The van der Waals surface area contributed by atoms with E-state index in [1.54, 1.807) is 18.2 Å². The number of hydrogen-bond acceptors (Lipinski definition) is 5. The predicted octanol–water partition coefficient (Wildman–Crippen LogP) is 6.07. The Bertz CT molecular complexity index is 905. The first kappa shape index (κ1) is 24.8. The molecule has 1 heterocycles. The minimum absolute atomic E-state index is 0.0933. The lowest BCUT2D eigenvalue weighted by Gasteiger charge is -2.33. The van der Waals surface area contributed by atoms with Crippen LogP contribution >= 0.6 is 0 Å². The molecule has 0 saturated carbocycles. The maximum absolute atomic E-state index is 9.64. The minimum Gasteiger partial charge on any atom is -0.465 e. The molecule has 0 atom stereocenters. The van der Waals surface area contributed by atoms with Crippen molar-refractivity contribution in [3.63, 3.8) is 0 Å². The summed E-state index contributed by atoms with van der Waals surface area (Å²) in [5.74, 6) is 1.70. The Morgan fingerprint density at radius 2 is 1.47 bits per heavy atom. The topological polar surface area (TPSA) is 107 Å². The Kier molecular flexibility index (Phi) is 8.27. The third-order valence-electron chi connectivity index (χ3n) is 4.66. The van der Waals surface area contributed by atoms with Crippen molar-refractivity contribution in [3.05, 3.63) is 57.7 Å². The van der Waals surface area contributed by atoms with Crippen LogP contribution in [0.3, 0.4) is 0 Å². The zero-order valence-corrected chi connectivity index (χ0v) is 19.2. The maximum atomic E-state index is 9.64. The molecule has 5 nitrogen and oxygen atoms in total. The van der Waals surface area contributed by atoms with Crippen LogP contribution in [0.5, 0.6) is 0 Å². The van der Waals surface area contributed by atoms with Gasteiger partial charge in [-0.25, -0.2) is 0 Å². The van der Waals surface area contributed by atoms with Gasteiger partial charge in [0.25, 0.3) is 0 Å². The molecule has 5 heteroatoms. The summed E-state index contributed by atoms with van der Waals surface area (Å²) < 4.78 is 6.23. The zero-order chi connectivity index (χ0) is 23.1. The van der Waals surface area contributed by atoms with E-state index in [4.69, 9.17) is 21.0 Å². The molecule has 158 valence electrons. The van der Waals surface area contributed by atoms with E-state index in [0.29, 0.717) is 0 Å². The molecular formula is C25H32N4O. The highest BCUT2D eigenvalue weighted by molar-refractivity contribution is 5.56. The second-order valence-corrected chi connectivity index (χ2v) is 9.39. The van der Waals surface area contributed by atoms with Crippen molar-refractivity contribution in [1.82, 2.24) is 0 Å². The molecule has 0 aliphatic carbocycles. The van der Waals surface area contributed by atoms with Crippen molar-refractivity contribution in [2.45, 2.75) is 67.7 Å². The normalized spacial score (nSPS) is 14.4. The van der Waals surface area contributed by atoms with Crippen LogP contribution in [0.2, 0.25) is 0 Å². The molecule has 0 radical (unpaired) electrons. The van der Waals surface area contributed by atoms with Crippen LogP contribution in [0, 0.1) is 44.8 Å². The second kappa shape index (κ2) is 10.00. The first-order chi connectivity index (χ1) is 13.9. The van der Waals surface area contributed by atoms with Gasteiger partial charge < -0.3 is 10.5 Å². The number of nitrogens with two attached hydrogens (primary N) is 1. The highest BCUT2D eigenvalue weighted by Crippen LogP contribution is 2.40. The fourth-order valence-electron chi connectivity index (χ4n) is 2.72. The van der Waals surface area contributed by atoms with Gasteiger partial charge in [0.1, 0.15) is 29.7 Å². The summed E-state index contributed by atoms with van der Waals surface area (Å²) in [6.45, 7) is 14.7. The van der Waals surface area contributed by atoms with Crippen LogP contribution in [-0.4, -0.2) is 0 Å². The van der Waals surface area contributed by atoms with Crippen LogP contribution in [0.15, 0.2) is 57.7 Å². The van der Waals surface area contributed by atoms with Crippen LogP contribution in [-0.2, 0) is 4.74 Å². The summed E-state index contributed by atoms with van der Waals surface area (Å²) in [5.41, 5.74) is 7.23. The summed E-state index contributed by atoms with van der Waals surface area (Å²) in [5, 5.41) is 27.9. The summed E-state index contributed by atoms with van der Waals surface area (Å²) >= 11 is 0. The third kappa shape index (κ3) is 6.40. The molecule has 0 bridgehead atoms. The number of nitriles is 3. The SMILES string of the molecule is CCCCC(/C=C(\C#N)C(N)=C(C#N)C#N)=C1C=C(C(C)(C)C)OC(C(C)(C)C)=C1. The smallest absolute Gasteiger partial charge is 0.153 e. The van der Waals surface area contributed by atoms with Gasteiger partial charge >= 0.3 is 0 Å². The molecule has 0 spiro atoms. The Morgan fingerprint density at radius 3 is 1.83 bits per heavy atom. The van der Waals surface area contributed by atoms with Gasteiger partial charge in [0, 0.05) is 10.8 Å². The zero-order valence-electron chi connectivity index (χ0n) is 19.2. The first-order valence-corrected chi connectivity index (χ1v) is 10.2. The van der Waals surface area contributed by atoms with E-state index >= 15 is 0 Å². The van der Waals surface area contributed by atoms with Crippen molar-refractivity contribution < 1.29 is 4.74 Å². The minimum atomic E-state index is -0.258. The third-order valence-corrected chi connectivity index (χ3v) is 4.66. The number of ether oxygens (including phenoxy) is 1. The van der Waals surface area contributed by atoms with Gasteiger partial charge in [-0.1, -0.05) is 54.9 Å². The van der Waals surface area contributed by atoms with Crippen LogP contribution in [0.25, 0.3) is 0 Å². The Labute approximate surface area is 181 Å². The molecule has 0 unspecified atom stereocenters. The molecule has 1 aliphatic heterocycles. The van der Waals surface area contributed by atoms with Gasteiger partial charge in [-0.2, -0.15) is 15.8 Å². The van der Waals surface area contributed by atoms with Crippen molar-refractivity contribution in [3.8, 4) is 18.2 Å². The number of rotatable bonds is 5. The monoisotopic (exact) mass is 404 g/mol. The average Bonchev–Trinajstić information content (AvgIpc) is 2.67.